The number of aromatic nitrogens is 4. The number of aldehydes is 1. The standard InChI is InChI=1S/C16H22BrNO4.C16H16N4O2.C15H18BrNO4.C13H15BrN2O.C10H12BrNO2.C4H4BN2O2.CH4.CH3.BrH.Mg/c1-10(19)16(18-14(20)22-15(2,3)4)8-11-6-5-7-12(17)13(11)21-9-16;1-10-16(20-15(17)22-10)5-11-3-2-4-13(14(11)21-8-16)12-6-18-9-19-7-12;1-14(2,3)21-13(19)17-15(8-18)7-10-5-4-6-11(16)12(10)20-9-15;1-8-5-11(15)16-13(8)6-9-3-2-4-10(14)12(9)17-7-13;11-8-3-1-2-7-4-10(12,5-13)6-14-9(7)8;8-5-9-4-1-6-3-7-2-4;;;;/h5-7,10,19H,8-9H2,1-4H3,(H,18,20);2-4,6-7,9-10H,5,8H2,1H3,(H2,17,20);4-6,8H,7,9H2,1-3H3,(H,17,19);2-4,8H,5-7H2,1H3,(H2,15,16);1-3,13H,4-6,12H2;1-3,8H;1H4;1H3;1H;/q;;;;;;;-1;;+2/p-1. The zero-order valence-electron chi connectivity index (χ0n) is 61.7. The molecule has 5 aromatic carbocycles. The van der Waals surface area contributed by atoms with Crippen LogP contribution >= 0.6 is 63.7 Å². The number of para-hydroxylation sites is 5. The smallest absolute Gasteiger partial charge is 1.00 e. The van der Waals surface area contributed by atoms with Crippen LogP contribution in [0.4, 0.5) is 9.59 Å². The van der Waals surface area contributed by atoms with E-state index in [0.29, 0.717) is 70.5 Å². The predicted octanol–water partition coefficient (Wildman–Crippen LogP) is 8.11. The van der Waals surface area contributed by atoms with Gasteiger partial charge in [0.15, 0.2) is 0 Å². The van der Waals surface area contributed by atoms with Gasteiger partial charge < -0.3 is 115 Å². The SMILES string of the molecule is C.CC(C)(C)OC(=O)NC1(C=O)COc2c(Br)cccc2C1.CC(O)C1(NC(=O)OC(C)(C)C)COc2c(Br)cccc2C1.CC1CC(N)=NC12COc1c(Br)cccc1C2.CC1OC(N)=NC12COc1c(cccc1-c1cncnc1)C2.NC1(CO)COc2c(Br)cccc2C1.O[B]Oc1cncnc1.[Br-].[CH3-].[Mg+2]. The third-order valence-electron chi connectivity index (χ3n) is 17.8. The number of hydrogen-bond donors (Lipinski definition) is 8. The van der Waals surface area contributed by atoms with Gasteiger partial charge in [-0.05, 0) is 184 Å². The molecule has 0 saturated heterocycles. The number of rotatable bonds is 8. The molecule has 8 atom stereocenters. The first-order chi connectivity index (χ1) is 49.7. The van der Waals surface area contributed by atoms with Crippen LogP contribution in [0.5, 0.6) is 34.5 Å². The molecule has 7 aliphatic rings. The van der Waals surface area contributed by atoms with Gasteiger partial charge in [-0.25, -0.2) is 34.5 Å². The summed E-state index contributed by atoms with van der Waals surface area (Å²) in [5.41, 5.74) is 20.2. The number of aliphatic hydroxyl groups excluding tert-OH is 2. The minimum Gasteiger partial charge on any atom is -1.00 e. The van der Waals surface area contributed by atoms with Crippen LogP contribution in [0.25, 0.3) is 11.1 Å². The van der Waals surface area contributed by atoms with Crippen molar-refractivity contribution in [1.82, 2.24) is 30.6 Å². The van der Waals surface area contributed by atoms with Gasteiger partial charge in [-0.2, -0.15) is 0 Å². The van der Waals surface area contributed by atoms with Crippen LogP contribution in [-0.2, 0) is 51.1 Å². The minimum absolute atomic E-state index is 0. The Balaban J connectivity index is 0.000000237. The second-order valence-electron chi connectivity index (χ2n) is 28.5. The third kappa shape index (κ3) is 24.1. The van der Waals surface area contributed by atoms with Crippen LogP contribution in [0.15, 0.2) is 156 Å². The number of fused-ring (bicyclic) bond motifs is 5. The van der Waals surface area contributed by atoms with Crippen LogP contribution in [-0.4, -0.2) is 187 Å². The van der Waals surface area contributed by atoms with Crippen molar-refractivity contribution in [3.8, 4) is 45.6 Å². The summed E-state index contributed by atoms with van der Waals surface area (Å²) < 4.78 is 53.1. The number of carbonyl (C=O) groups is 3. The van der Waals surface area contributed by atoms with Crippen LogP contribution in [0.2, 0.25) is 0 Å². The maximum atomic E-state index is 12.1. The van der Waals surface area contributed by atoms with E-state index in [4.69, 9.17) is 65.2 Å². The van der Waals surface area contributed by atoms with E-state index in [1.54, 1.807) is 60.9 Å². The topological polar surface area (TPSA) is 373 Å². The molecule has 2 spiro atoms. The van der Waals surface area contributed by atoms with Crippen molar-refractivity contribution in [2.24, 2.45) is 33.1 Å². The molecule has 2 amide bonds. The number of carbonyl (C=O) groups excluding carboxylic acids is 3. The summed E-state index contributed by atoms with van der Waals surface area (Å²) in [6.07, 6.45) is 12.0. The number of ether oxygens (including phenoxy) is 8. The van der Waals surface area contributed by atoms with Gasteiger partial charge in [0.05, 0.1) is 54.4 Å². The first-order valence-electron chi connectivity index (χ1n) is 33.6. The first-order valence-corrected chi connectivity index (χ1v) is 36.8. The van der Waals surface area contributed by atoms with E-state index in [2.05, 4.69) is 128 Å². The molecule has 33 heteroatoms. The summed E-state index contributed by atoms with van der Waals surface area (Å²) in [6.45, 7) is 18.2. The molecule has 1 radical (unpaired) electrons. The number of aliphatic hydroxyl groups is 2. The Morgan fingerprint density at radius 1 is 0.633 bits per heavy atom. The van der Waals surface area contributed by atoms with Crippen LogP contribution in [0, 0.1) is 13.3 Å². The summed E-state index contributed by atoms with van der Waals surface area (Å²) in [6, 6.07) is 29.6. The molecule has 7 aliphatic heterocycles. The monoisotopic (exact) mass is 1830 g/mol. The second kappa shape index (κ2) is 40.0. The van der Waals surface area contributed by atoms with Crippen molar-refractivity contribution in [3.63, 3.8) is 0 Å². The maximum absolute atomic E-state index is 12.1. The number of nitrogens with two attached hydrogens (primary N) is 3. The molecular weight excluding hydrogens is 1740 g/mol. The number of hydrogen-bond acceptors (Lipinski definition) is 24. The molecule has 9 heterocycles. The molecular formula is C76H94BBr5MgN11O15. The second-order valence-corrected chi connectivity index (χ2v) is 31.9. The largest absolute Gasteiger partial charge is 2.00 e. The number of benzene rings is 5. The minimum atomic E-state index is -1.10. The summed E-state index contributed by atoms with van der Waals surface area (Å²) in [7, 11) is 0.582. The van der Waals surface area contributed by atoms with E-state index in [1.807, 2.05) is 85.8 Å². The number of halogens is 5. The van der Waals surface area contributed by atoms with E-state index in [9.17, 15) is 19.5 Å². The van der Waals surface area contributed by atoms with E-state index >= 15 is 0 Å². The van der Waals surface area contributed by atoms with Gasteiger partial charge >= 0.3 is 42.9 Å². The third-order valence-corrected chi connectivity index (χ3v) is 20.3. The molecule has 7 aromatic rings. The molecule has 0 bridgehead atoms. The Labute approximate surface area is 698 Å². The van der Waals surface area contributed by atoms with Gasteiger partial charge in [-0.1, -0.05) is 81.1 Å². The van der Waals surface area contributed by atoms with Gasteiger partial charge in [0.25, 0.3) is 6.02 Å². The Morgan fingerprint density at radius 2 is 1.06 bits per heavy atom. The molecule has 14 rings (SSSR count). The van der Waals surface area contributed by atoms with Gasteiger partial charge in [0.1, 0.15) is 126 Å². The number of nitrogens with zero attached hydrogens (tertiary/aromatic N) is 6. The first kappa shape index (κ1) is 92.7. The Morgan fingerprint density at radius 3 is 1.53 bits per heavy atom. The quantitative estimate of drug-likeness (QED) is 0.0404. The van der Waals surface area contributed by atoms with Crippen molar-refractivity contribution in [2.45, 2.75) is 159 Å². The molecule has 11 N–H and O–H groups in total. The summed E-state index contributed by atoms with van der Waals surface area (Å²) in [4.78, 5) is 60.1. The van der Waals surface area contributed by atoms with Crippen LogP contribution in [0.1, 0.15) is 104 Å². The average molecular weight is 1840 g/mol. The predicted molar refractivity (Wildman–Crippen MR) is 429 cm³/mol. The molecule has 8 unspecified atom stereocenters. The van der Waals surface area contributed by atoms with Crippen LogP contribution in [0.3, 0.4) is 0 Å². The van der Waals surface area contributed by atoms with E-state index in [-0.39, 0.29) is 92.4 Å². The molecule has 2 aromatic heterocycles. The number of alkyl carbamates (subject to hydrolysis) is 2. The number of nitrogens with one attached hydrogen (secondary N) is 2. The van der Waals surface area contributed by atoms with E-state index in [1.165, 1.54) is 30.6 Å². The van der Waals surface area contributed by atoms with Crippen molar-refractivity contribution in [3.05, 3.63) is 182 Å². The molecule has 0 saturated carbocycles. The van der Waals surface area contributed by atoms with Crippen molar-refractivity contribution >= 4 is 125 Å². The van der Waals surface area contributed by atoms with Crippen molar-refractivity contribution in [1.29, 1.82) is 0 Å². The zero-order chi connectivity index (χ0) is 76.1. The fraction of sp³-hybridized carbons (Fsp3) is 0.421. The van der Waals surface area contributed by atoms with E-state index in [0.717, 1.165) is 99.4 Å². The average Bonchev–Trinajstić information content (AvgIpc) is 1.62. The van der Waals surface area contributed by atoms with Gasteiger partial charge in [0.2, 0.25) is 0 Å². The summed E-state index contributed by atoms with van der Waals surface area (Å²) in [5, 5.41) is 32.9. The maximum Gasteiger partial charge on any atom is 2.00 e. The Bertz CT molecular complexity index is 4270. The summed E-state index contributed by atoms with van der Waals surface area (Å²) >= 11 is 13.8. The zero-order valence-corrected chi connectivity index (χ0v) is 71.1. The Hall–Kier alpha value is -6.92. The molecule has 26 nitrogen and oxygen atoms in total. The van der Waals surface area contributed by atoms with Crippen molar-refractivity contribution < 1.29 is 89.2 Å². The van der Waals surface area contributed by atoms with Gasteiger partial charge in [-0.15, -0.1) is 0 Å². The number of amidine groups is 2. The number of amides is 2. The van der Waals surface area contributed by atoms with Crippen LogP contribution < -0.4 is 73.2 Å². The fourth-order valence-corrected chi connectivity index (χ4v) is 14.5. The molecule has 0 fully saturated rings. The Kier molecular flexibility index (Phi) is 34.0. The summed E-state index contributed by atoms with van der Waals surface area (Å²) in [5.74, 6) is 5.78. The normalized spacial score (nSPS) is 22.6. The van der Waals surface area contributed by atoms with Gasteiger partial charge in [-0.3, -0.25) is 4.99 Å². The van der Waals surface area contributed by atoms with Gasteiger partial charge in [0, 0.05) is 55.6 Å². The molecule has 0 aliphatic carbocycles. The van der Waals surface area contributed by atoms with E-state index < -0.39 is 51.6 Å². The van der Waals surface area contributed by atoms with Crippen molar-refractivity contribution in [2.75, 3.05) is 39.6 Å². The fourth-order valence-electron chi connectivity index (χ4n) is 12.4. The number of aliphatic imine (C=N–C) groups is 2. The molecule has 109 heavy (non-hydrogen) atoms. The molecule has 583 valence electrons.